The topological polar surface area (TPSA) is 35.6 Å². The third-order valence-corrected chi connectivity index (χ3v) is 5.50. The molecular weight excluding hydrogens is 343 g/mol. The molecule has 0 radical (unpaired) electrons. The smallest absolute Gasteiger partial charge is 0.341 e. The van der Waals surface area contributed by atoms with Gasteiger partial charge in [0.25, 0.3) is 0 Å². The molecule has 144 valence electrons. The highest BCUT2D eigenvalue weighted by atomic mass is 19.4. The molecule has 0 spiro atoms. The first-order valence-corrected chi connectivity index (χ1v) is 9.22. The van der Waals surface area contributed by atoms with Crippen molar-refractivity contribution >= 4 is 5.91 Å². The normalized spacial score (nSPS) is 21.2. The van der Waals surface area contributed by atoms with Crippen LogP contribution in [0.1, 0.15) is 24.5 Å². The largest absolute Gasteiger partial charge is 0.416 e. The van der Waals surface area contributed by atoms with E-state index in [-0.39, 0.29) is 11.8 Å². The molecule has 4 nitrogen and oxygen atoms in total. The van der Waals surface area contributed by atoms with Gasteiger partial charge in [-0.05, 0) is 43.1 Å². The maximum Gasteiger partial charge on any atom is 0.416 e. The van der Waals surface area contributed by atoms with Gasteiger partial charge in [0.2, 0.25) is 5.91 Å². The molecule has 1 aromatic rings. The van der Waals surface area contributed by atoms with Gasteiger partial charge in [0.1, 0.15) is 0 Å². The Kier molecular flexibility index (Phi) is 5.87. The maximum absolute atomic E-state index is 12.7. The van der Waals surface area contributed by atoms with E-state index in [1.165, 1.54) is 0 Å². The molecule has 2 fully saturated rings. The van der Waals surface area contributed by atoms with Gasteiger partial charge in [-0.1, -0.05) is 19.1 Å². The molecule has 0 bridgehead atoms. The molecule has 2 heterocycles. The highest BCUT2D eigenvalue weighted by Gasteiger charge is 2.32. The summed E-state index contributed by atoms with van der Waals surface area (Å²) in [5, 5.41) is 3.21. The molecule has 1 amide bonds. The van der Waals surface area contributed by atoms with Crippen molar-refractivity contribution in [2.24, 2.45) is 11.8 Å². The second-order valence-electron chi connectivity index (χ2n) is 7.36. The maximum atomic E-state index is 12.7. The van der Waals surface area contributed by atoms with E-state index in [4.69, 9.17) is 0 Å². The third-order valence-electron chi connectivity index (χ3n) is 5.50. The van der Waals surface area contributed by atoms with Crippen LogP contribution in [-0.2, 0) is 17.5 Å². The fourth-order valence-electron chi connectivity index (χ4n) is 3.56. The predicted octanol–water partition coefficient (Wildman–Crippen LogP) is 2.60. The van der Waals surface area contributed by atoms with Gasteiger partial charge >= 0.3 is 6.18 Å². The van der Waals surface area contributed by atoms with Crippen LogP contribution in [0.3, 0.4) is 0 Å². The predicted molar refractivity (Wildman–Crippen MR) is 93.4 cm³/mol. The number of nitrogens with one attached hydrogen (secondary N) is 1. The van der Waals surface area contributed by atoms with Crippen LogP contribution in [0.25, 0.3) is 0 Å². The minimum Gasteiger partial charge on any atom is -0.341 e. The Balaban J connectivity index is 1.52. The van der Waals surface area contributed by atoms with E-state index in [0.717, 1.165) is 56.8 Å². The highest BCUT2D eigenvalue weighted by Crippen LogP contribution is 2.29. The lowest BCUT2D eigenvalue weighted by Crippen LogP contribution is -2.50. The molecule has 1 atom stereocenters. The molecule has 1 aromatic carbocycles. The quantitative estimate of drug-likeness (QED) is 0.886. The number of carbonyl (C=O) groups is 1. The molecule has 1 unspecified atom stereocenters. The summed E-state index contributed by atoms with van der Waals surface area (Å²) >= 11 is 0. The Morgan fingerprint density at radius 2 is 1.85 bits per heavy atom. The van der Waals surface area contributed by atoms with Crippen molar-refractivity contribution in [2.45, 2.75) is 26.1 Å². The number of rotatable bonds is 4. The van der Waals surface area contributed by atoms with Gasteiger partial charge < -0.3 is 10.2 Å². The summed E-state index contributed by atoms with van der Waals surface area (Å²) in [6.07, 6.45) is -3.41. The average Bonchev–Trinajstić information content (AvgIpc) is 2.78. The number of halogens is 3. The number of carbonyl (C=O) groups excluding carboxylic acids is 1. The molecule has 2 aliphatic heterocycles. The molecule has 2 saturated heterocycles. The van der Waals surface area contributed by atoms with Gasteiger partial charge in [-0.2, -0.15) is 13.2 Å². The molecule has 26 heavy (non-hydrogen) atoms. The van der Waals surface area contributed by atoms with Gasteiger partial charge in [-0.15, -0.1) is 0 Å². The van der Waals surface area contributed by atoms with Crippen molar-refractivity contribution < 1.29 is 18.0 Å². The van der Waals surface area contributed by atoms with Crippen molar-refractivity contribution in [3.63, 3.8) is 0 Å². The van der Waals surface area contributed by atoms with Crippen LogP contribution >= 0.6 is 0 Å². The number of benzene rings is 1. The number of amides is 1. The molecule has 3 rings (SSSR count). The van der Waals surface area contributed by atoms with Crippen LogP contribution in [0.2, 0.25) is 0 Å². The number of nitrogens with zero attached hydrogens (tertiary/aromatic N) is 2. The summed E-state index contributed by atoms with van der Waals surface area (Å²) in [5.41, 5.74) is 0.250. The third kappa shape index (κ3) is 4.57. The lowest BCUT2D eigenvalue weighted by atomic mass is 9.88. The summed E-state index contributed by atoms with van der Waals surface area (Å²) in [7, 11) is 0. The second-order valence-corrected chi connectivity index (χ2v) is 7.36. The number of hydrogen-bond acceptors (Lipinski definition) is 3. The second kappa shape index (κ2) is 7.96. The standard InChI is InChI=1S/C19H26F3N3O/c1-14(16-11-23-12-16)18(26)25-8-2-7-24(9-10-25)13-15-3-5-17(6-4-15)19(20,21)22/h3-6,14,16,23H,2,7-13H2,1H3. The van der Waals surface area contributed by atoms with Gasteiger partial charge in [-0.3, -0.25) is 9.69 Å². The summed E-state index contributed by atoms with van der Waals surface area (Å²) in [6, 6.07) is 5.36. The molecule has 1 N–H and O–H groups in total. The summed E-state index contributed by atoms with van der Waals surface area (Å²) < 4.78 is 38.0. The van der Waals surface area contributed by atoms with E-state index in [9.17, 15) is 18.0 Å². The zero-order valence-corrected chi connectivity index (χ0v) is 15.1. The molecule has 7 heteroatoms. The van der Waals surface area contributed by atoms with Gasteiger partial charge in [-0.25, -0.2) is 0 Å². The lowest BCUT2D eigenvalue weighted by molar-refractivity contribution is -0.138. The lowest BCUT2D eigenvalue weighted by Gasteiger charge is -2.34. The van der Waals surface area contributed by atoms with Crippen LogP contribution in [-0.4, -0.2) is 55.0 Å². The van der Waals surface area contributed by atoms with Crippen LogP contribution < -0.4 is 5.32 Å². The SMILES string of the molecule is CC(C(=O)N1CCCN(Cc2ccc(C(F)(F)F)cc2)CC1)C1CNC1. The average molecular weight is 369 g/mol. The van der Waals surface area contributed by atoms with E-state index in [1.54, 1.807) is 12.1 Å². The van der Waals surface area contributed by atoms with Gasteiger partial charge in [0.15, 0.2) is 0 Å². The van der Waals surface area contributed by atoms with Crippen LogP contribution in [0.15, 0.2) is 24.3 Å². The Morgan fingerprint density at radius 3 is 2.42 bits per heavy atom. The number of hydrogen-bond donors (Lipinski definition) is 1. The first kappa shape index (κ1) is 19.2. The van der Waals surface area contributed by atoms with E-state index >= 15 is 0 Å². The monoisotopic (exact) mass is 369 g/mol. The van der Waals surface area contributed by atoms with E-state index < -0.39 is 11.7 Å². The minimum absolute atomic E-state index is 0.0534. The van der Waals surface area contributed by atoms with E-state index in [2.05, 4.69) is 10.2 Å². The molecule has 0 aliphatic carbocycles. The Morgan fingerprint density at radius 1 is 1.15 bits per heavy atom. The van der Waals surface area contributed by atoms with E-state index in [0.29, 0.717) is 19.0 Å². The Hall–Kier alpha value is -1.60. The number of alkyl halides is 3. The first-order chi connectivity index (χ1) is 12.3. The molecule has 2 aliphatic rings. The zero-order valence-electron chi connectivity index (χ0n) is 15.1. The van der Waals surface area contributed by atoms with Crippen LogP contribution in [0.4, 0.5) is 13.2 Å². The molecule has 0 saturated carbocycles. The van der Waals surface area contributed by atoms with Crippen molar-refractivity contribution in [3.8, 4) is 0 Å². The van der Waals surface area contributed by atoms with Crippen LogP contribution in [0.5, 0.6) is 0 Å². The Labute approximate surface area is 152 Å². The summed E-state index contributed by atoms with van der Waals surface area (Å²) in [4.78, 5) is 16.8. The highest BCUT2D eigenvalue weighted by molar-refractivity contribution is 5.79. The minimum atomic E-state index is -4.30. The first-order valence-electron chi connectivity index (χ1n) is 9.22. The fraction of sp³-hybridized carbons (Fsp3) is 0.632. The summed E-state index contributed by atoms with van der Waals surface area (Å²) in [5.74, 6) is 0.722. The van der Waals surface area contributed by atoms with Gasteiger partial charge in [0.05, 0.1) is 5.56 Å². The summed E-state index contributed by atoms with van der Waals surface area (Å²) in [6.45, 7) is 7.51. The van der Waals surface area contributed by atoms with Crippen molar-refractivity contribution in [1.29, 1.82) is 0 Å². The van der Waals surface area contributed by atoms with Gasteiger partial charge in [0, 0.05) is 38.6 Å². The zero-order chi connectivity index (χ0) is 18.7. The fourth-order valence-corrected chi connectivity index (χ4v) is 3.56. The molecular formula is C19H26F3N3O. The van der Waals surface area contributed by atoms with Crippen molar-refractivity contribution in [3.05, 3.63) is 35.4 Å². The van der Waals surface area contributed by atoms with Crippen molar-refractivity contribution in [1.82, 2.24) is 15.1 Å². The molecule has 0 aromatic heterocycles. The van der Waals surface area contributed by atoms with E-state index in [1.807, 2.05) is 11.8 Å². The Bertz CT molecular complexity index is 613. The van der Waals surface area contributed by atoms with Crippen LogP contribution in [0, 0.1) is 11.8 Å². The van der Waals surface area contributed by atoms with Crippen molar-refractivity contribution in [2.75, 3.05) is 39.3 Å².